The van der Waals surface area contributed by atoms with Crippen LogP contribution in [-0.2, 0) is 17.7 Å². The number of aliphatic imine (C=N–C) groups is 1. The lowest BCUT2D eigenvalue weighted by Gasteiger charge is -2.40. The number of aryl methyl sites for hydroxylation is 1. The van der Waals surface area contributed by atoms with Gasteiger partial charge in [0.15, 0.2) is 5.96 Å². The van der Waals surface area contributed by atoms with Gasteiger partial charge in [-0.1, -0.05) is 13.3 Å². The molecule has 2 heterocycles. The standard InChI is InChI=1S/C20H39N7O.HI/c1-5-18-25-24-17-26(18)14-11-22-19(21-10-9-15-28-4)23-16-20(2,3)27-12-7-6-8-13-27;/h17H,5-16H2,1-4H3,(H2,21,22,23);1H. The van der Waals surface area contributed by atoms with Gasteiger partial charge in [0.1, 0.15) is 12.2 Å². The molecule has 0 aromatic carbocycles. The summed E-state index contributed by atoms with van der Waals surface area (Å²) in [4.78, 5) is 7.48. The molecule has 0 radical (unpaired) electrons. The third-order valence-corrected chi connectivity index (χ3v) is 5.31. The van der Waals surface area contributed by atoms with Crippen molar-refractivity contribution in [3.8, 4) is 0 Å². The smallest absolute Gasteiger partial charge is 0.191 e. The van der Waals surface area contributed by atoms with Crippen molar-refractivity contribution in [1.29, 1.82) is 0 Å². The highest BCUT2D eigenvalue weighted by Crippen LogP contribution is 2.20. The molecule has 2 rings (SSSR count). The molecule has 0 amide bonds. The summed E-state index contributed by atoms with van der Waals surface area (Å²) in [6.07, 6.45) is 7.59. The quantitative estimate of drug-likeness (QED) is 0.201. The molecule has 0 bridgehead atoms. The van der Waals surface area contributed by atoms with Gasteiger partial charge in [-0.3, -0.25) is 9.89 Å². The molecule has 2 N–H and O–H groups in total. The summed E-state index contributed by atoms with van der Waals surface area (Å²) < 4.78 is 7.24. The summed E-state index contributed by atoms with van der Waals surface area (Å²) in [5.74, 6) is 1.88. The summed E-state index contributed by atoms with van der Waals surface area (Å²) in [6, 6.07) is 0. The largest absolute Gasteiger partial charge is 0.385 e. The monoisotopic (exact) mass is 521 g/mol. The third-order valence-electron chi connectivity index (χ3n) is 5.31. The Balaban J connectivity index is 0.00000420. The van der Waals surface area contributed by atoms with E-state index in [-0.39, 0.29) is 29.5 Å². The number of likely N-dealkylation sites (tertiary alicyclic amines) is 1. The maximum absolute atomic E-state index is 5.15. The van der Waals surface area contributed by atoms with Crippen LogP contribution in [0.25, 0.3) is 0 Å². The van der Waals surface area contributed by atoms with E-state index in [1.807, 2.05) is 0 Å². The minimum Gasteiger partial charge on any atom is -0.385 e. The number of nitrogens with zero attached hydrogens (tertiary/aromatic N) is 5. The van der Waals surface area contributed by atoms with Crippen LogP contribution < -0.4 is 10.6 Å². The molecule has 9 heteroatoms. The molecule has 1 fully saturated rings. The molecule has 0 aliphatic carbocycles. The Morgan fingerprint density at radius 1 is 1.21 bits per heavy atom. The van der Waals surface area contributed by atoms with Gasteiger partial charge in [0.2, 0.25) is 0 Å². The van der Waals surface area contributed by atoms with Gasteiger partial charge in [-0.15, -0.1) is 34.2 Å². The highest BCUT2D eigenvalue weighted by Gasteiger charge is 2.27. The van der Waals surface area contributed by atoms with Crippen molar-refractivity contribution < 1.29 is 4.74 Å². The molecule has 8 nitrogen and oxygen atoms in total. The Labute approximate surface area is 193 Å². The molecule has 1 aromatic rings. The van der Waals surface area contributed by atoms with E-state index in [4.69, 9.17) is 9.73 Å². The van der Waals surface area contributed by atoms with Crippen LogP contribution in [0.3, 0.4) is 0 Å². The Kier molecular flexibility index (Phi) is 12.7. The first-order valence-corrected chi connectivity index (χ1v) is 10.7. The number of nitrogens with one attached hydrogen (secondary N) is 2. The lowest BCUT2D eigenvalue weighted by molar-refractivity contribution is 0.102. The average molecular weight is 521 g/mol. The van der Waals surface area contributed by atoms with E-state index in [0.29, 0.717) is 0 Å². The molecule has 0 spiro atoms. The van der Waals surface area contributed by atoms with Crippen molar-refractivity contribution in [3.05, 3.63) is 12.2 Å². The van der Waals surface area contributed by atoms with Crippen molar-refractivity contribution >= 4 is 29.9 Å². The van der Waals surface area contributed by atoms with Gasteiger partial charge >= 0.3 is 0 Å². The van der Waals surface area contributed by atoms with Crippen LogP contribution >= 0.6 is 24.0 Å². The first-order chi connectivity index (χ1) is 13.6. The molecule has 1 aliphatic heterocycles. The molecule has 0 unspecified atom stereocenters. The van der Waals surface area contributed by atoms with Gasteiger partial charge in [-0.25, -0.2) is 0 Å². The first kappa shape index (κ1) is 26.1. The van der Waals surface area contributed by atoms with Gasteiger partial charge in [0.25, 0.3) is 0 Å². The molecule has 168 valence electrons. The number of halogens is 1. The van der Waals surface area contributed by atoms with Crippen molar-refractivity contribution in [2.45, 2.75) is 65.0 Å². The molecule has 0 saturated carbocycles. The number of aromatic nitrogens is 3. The second-order valence-electron chi connectivity index (χ2n) is 8.02. The molecular weight excluding hydrogens is 481 g/mol. The lowest BCUT2D eigenvalue weighted by Crippen LogP contribution is -2.49. The third kappa shape index (κ3) is 9.17. The minimum absolute atomic E-state index is 0. The summed E-state index contributed by atoms with van der Waals surface area (Å²) in [5, 5.41) is 15.0. The van der Waals surface area contributed by atoms with Crippen LogP contribution in [0, 0.1) is 0 Å². The van der Waals surface area contributed by atoms with E-state index in [1.165, 1.54) is 32.4 Å². The van der Waals surface area contributed by atoms with E-state index in [2.05, 4.69) is 51.1 Å². The van der Waals surface area contributed by atoms with E-state index < -0.39 is 0 Å². The predicted octanol–water partition coefficient (Wildman–Crippen LogP) is 2.29. The van der Waals surface area contributed by atoms with E-state index in [1.54, 1.807) is 13.4 Å². The number of piperidine rings is 1. The fourth-order valence-corrected chi connectivity index (χ4v) is 3.50. The number of hydrogen-bond donors (Lipinski definition) is 2. The topological polar surface area (TPSA) is 79.6 Å². The Morgan fingerprint density at radius 3 is 2.62 bits per heavy atom. The van der Waals surface area contributed by atoms with E-state index in [0.717, 1.165) is 57.4 Å². The number of guanidine groups is 1. The van der Waals surface area contributed by atoms with Crippen LogP contribution in [0.2, 0.25) is 0 Å². The first-order valence-electron chi connectivity index (χ1n) is 10.7. The zero-order valence-electron chi connectivity index (χ0n) is 18.6. The van der Waals surface area contributed by atoms with Gasteiger partial charge in [-0.2, -0.15) is 0 Å². The Hall–Kier alpha value is -0.940. The van der Waals surface area contributed by atoms with Crippen LogP contribution in [0.4, 0.5) is 0 Å². The van der Waals surface area contributed by atoms with Crippen LogP contribution in [0.5, 0.6) is 0 Å². The molecule has 1 saturated heterocycles. The predicted molar refractivity (Wildman–Crippen MR) is 129 cm³/mol. The summed E-state index contributed by atoms with van der Waals surface area (Å²) >= 11 is 0. The fourth-order valence-electron chi connectivity index (χ4n) is 3.50. The molecular formula is C20H40IN7O. The van der Waals surface area contributed by atoms with Gasteiger partial charge in [-0.05, 0) is 46.2 Å². The van der Waals surface area contributed by atoms with Crippen LogP contribution in [0.1, 0.15) is 52.3 Å². The number of hydrogen-bond acceptors (Lipinski definition) is 5. The maximum atomic E-state index is 5.15. The fraction of sp³-hybridized carbons (Fsp3) is 0.850. The number of ether oxygens (including phenoxy) is 1. The SMILES string of the molecule is CCc1nncn1CCNC(=NCC(C)(C)N1CCCCC1)NCCCOC.I. The van der Waals surface area contributed by atoms with Crippen molar-refractivity contribution in [3.63, 3.8) is 0 Å². The highest BCUT2D eigenvalue weighted by atomic mass is 127. The maximum Gasteiger partial charge on any atom is 0.191 e. The van der Waals surface area contributed by atoms with Crippen molar-refractivity contribution in [1.82, 2.24) is 30.3 Å². The average Bonchev–Trinajstić information content (AvgIpc) is 3.17. The zero-order chi connectivity index (χ0) is 20.2. The summed E-state index contributed by atoms with van der Waals surface area (Å²) in [5.41, 5.74) is 0.0746. The second kappa shape index (κ2) is 14.1. The molecule has 29 heavy (non-hydrogen) atoms. The van der Waals surface area contributed by atoms with Gasteiger partial charge < -0.3 is 19.9 Å². The van der Waals surface area contributed by atoms with Gasteiger partial charge in [0.05, 0.1) is 6.54 Å². The van der Waals surface area contributed by atoms with Crippen molar-refractivity contribution in [2.75, 3.05) is 46.4 Å². The second-order valence-corrected chi connectivity index (χ2v) is 8.02. The van der Waals surface area contributed by atoms with Crippen LogP contribution in [0.15, 0.2) is 11.3 Å². The Bertz CT molecular complexity index is 585. The molecule has 0 atom stereocenters. The zero-order valence-corrected chi connectivity index (χ0v) is 20.9. The molecule has 1 aliphatic rings. The van der Waals surface area contributed by atoms with Crippen LogP contribution in [-0.4, -0.2) is 77.6 Å². The van der Waals surface area contributed by atoms with Crippen molar-refractivity contribution in [2.24, 2.45) is 4.99 Å². The Morgan fingerprint density at radius 2 is 1.93 bits per heavy atom. The summed E-state index contributed by atoms with van der Waals surface area (Å²) in [6.45, 7) is 13.0. The highest BCUT2D eigenvalue weighted by molar-refractivity contribution is 14.0. The number of rotatable bonds is 11. The van der Waals surface area contributed by atoms with E-state index in [9.17, 15) is 0 Å². The normalized spacial score (nSPS) is 15.8. The summed E-state index contributed by atoms with van der Waals surface area (Å²) in [7, 11) is 1.73. The molecule has 1 aromatic heterocycles. The minimum atomic E-state index is 0. The van der Waals surface area contributed by atoms with Gasteiger partial charge in [0, 0.05) is 45.3 Å². The number of methoxy groups -OCH3 is 1. The van der Waals surface area contributed by atoms with E-state index >= 15 is 0 Å². The lowest BCUT2D eigenvalue weighted by atomic mass is 9.99.